The van der Waals surface area contributed by atoms with Crippen molar-refractivity contribution in [1.82, 2.24) is 9.80 Å². The van der Waals surface area contributed by atoms with E-state index in [4.69, 9.17) is 11.6 Å². The number of piperidine rings is 1. The van der Waals surface area contributed by atoms with Gasteiger partial charge in [-0.2, -0.15) is 13.2 Å². The zero-order valence-electron chi connectivity index (χ0n) is 17.3. The molecule has 0 radical (unpaired) electrons. The molecule has 1 aliphatic rings. The van der Waals surface area contributed by atoms with Gasteiger partial charge in [0.2, 0.25) is 0 Å². The second-order valence-electron chi connectivity index (χ2n) is 8.31. The van der Waals surface area contributed by atoms with Crippen molar-refractivity contribution in [1.29, 1.82) is 0 Å². The predicted octanol–water partition coefficient (Wildman–Crippen LogP) is 5.34. The monoisotopic (exact) mass is 440 g/mol. The Morgan fingerprint density at radius 3 is 2.30 bits per heavy atom. The highest BCUT2D eigenvalue weighted by atomic mass is 35.5. The van der Waals surface area contributed by atoms with E-state index in [0.29, 0.717) is 36.5 Å². The van der Waals surface area contributed by atoms with Gasteiger partial charge in [-0.3, -0.25) is 4.90 Å². The van der Waals surface area contributed by atoms with Crippen LogP contribution in [0.15, 0.2) is 48.5 Å². The van der Waals surface area contributed by atoms with Gasteiger partial charge < -0.3 is 10.0 Å². The maximum absolute atomic E-state index is 13.1. The van der Waals surface area contributed by atoms with Gasteiger partial charge in [0.05, 0.1) is 11.2 Å². The first-order valence-electron chi connectivity index (χ1n) is 10.1. The molecule has 0 saturated carbocycles. The fraction of sp³-hybridized carbons (Fsp3) is 0.478. The lowest BCUT2D eigenvalue weighted by Gasteiger charge is -2.42. The molecular weight excluding hydrogens is 413 g/mol. The predicted molar refractivity (Wildman–Crippen MR) is 114 cm³/mol. The van der Waals surface area contributed by atoms with Crippen LogP contribution in [-0.4, -0.2) is 48.6 Å². The number of alkyl halides is 3. The van der Waals surface area contributed by atoms with Crippen LogP contribution in [0.3, 0.4) is 0 Å². The van der Waals surface area contributed by atoms with Crippen molar-refractivity contribution in [2.75, 3.05) is 33.7 Å². The summed E-state index contributed by atoms with van der Waals surface area (Å²) in [5.74, 6) is 0. The molecule has 1 atom stereocenters. The molecular formula is C23H28ClF3N2O. The summed E-state index contributed by atoms with van der Waals surface area (Å²) in [4.78, 5) is 4.45. The lowest BCUT2D eigenvalue weighted by molar-refractivity contribution is -0.137. The zero-order valence-corrected chi connectivity index (χ0v) is 18.0. The lowest BCUT2D eigenvalue weighted by Crippen LogP contribution is -2.44. The van der Waals surface area contributed by atoms with Gasteiger partial charge in [-0.05, 0) is 75.3 Å². The highest BCUT2D eigenvalue weighted by Crippen LogP contribution is 2.39. The van der Waals surface area contributed by atoms with E-state index in [9.17, 15) is 18.3 Å². The minimum Gasteiger partial charge on any atom is -0.385 e. The molecule has 1 N–H and O–H groups in total. The maximum Gasteiger partial charge on any atom is 0.416 e. The topological polar surface area (TPSA) is 26.7 Å². The Morgan fingerprint density at radius 1 is 1.10 bits per heavy atom. The normalized spacial score (nSPS) is 18.5. The smallest absolute Gasteiger partial charge is 0.385 e. The molecule has 0 aliphatic carbocycles. The fourth-order valence-corrected chi connectivity index (χ4v) is 4.23. The van der Waals surface area contributed by atoms with Gasteiger partial charge in [0, 0.05) is 24.2 Å². The van der Waals surface area contributed by atoms with Crippen LogP contribution < -0.4 is 0 Å². The molecule has 3 rings (SSSR count). The molecule has 2 aromatic carbocycles. The molecule has 164 valence electrons. The minimum absolute atomic E-state index is 0.163. The van der Waals surface area contributed by atoms with Crippen molar-refractivity contribution in [3.8, 4) is 0 Å². The summed E-state index contributed by atoms with van der Waals surface area (Å²) >= 11 is 6.04. The third kappa shape index (κ3) is 5.55. The van der Waals surface area contributed by atoms with Crippen LogP contribution in [-0.2, 0) is 11.8 Å². The Labute approximate surface area is 181 Å². The summed E-state index contributed by atoms with van der Waals surface area (Å²) in [5, 5.41) is 11.8. The molecule has 1 aliphatic heterocycles. The summed E-state index contributed by atoms with van der Waals surface area (Å²) in [5.41, 5.74) is -0.468. The first-order chi connectivity index (χ1) is 14.1. The van der Waals surface area contributed by atoms with E-state index >= 15 is 0 Å². The van der Waals surface area contributed by atoms with Gasteiger partial charge in [0.1, 0.15) is 0 Å². The molecule has 1 fully saturated rings. The zero-order chi connectivity index (χ0) is 21.9. The van der Waals surface area contributed by atoms with Crippen molar-refractivity contribution in [2.24, 2.45) is 0 Å². The van der Waals surface area contributed by atoms with Gasteiger partial charge in [-0.25, -0.2) is 0 Å². The van der Waals surface area contributed by atoms with Crippen molar-refractivity contribution >= 4 is 11.6 Å². The van der Waals surface area contributed by atoms with Crippen LogP contribution in [0.1, 0.15) is 42.0 Å². The quantitative estimate of drug-likeness (QED) is 0.657. The number of likely N-dealkylation sites (tertiary alicyclic amines) is 1. The summed E-state index contributed by atoms with van der Waals surface area (Å²) in [7, 11) is 4.06. The standard InChI is InChI=1S/C23H28ClF3N2O/c1-28(2)13-10-21(17-6-8-20(24)9-7-17)29-14-11-22(30,12-15-29)18-4-3-5-19(16-18)23(25,26)27/h3-9,16,21,30H,10-15H2,1-2H3. The molecule has 1 saturated heterocycles. The Balaban J connectivity index is 1.76. The Kier molecular flexibility index (Phi) is 7.13. The molecule has 7 heteroatoms. The van der Waals surface area contributed by atoms with Gasteiger partial charge in [0.25, 0.3) is 0 Å². The van der Waals surface area contributed by atoms with Gasteiger partial charge in [-0.15, -0.1) is 0 Å². The number of rotatable bonds is 6. The first kappa shape index (κ1) is 23.1. The van der Waals surface area contributed by atoms with Crippen molar-refractivity contribution in [3.05, 3.63) is 70.2 Å². The molecule has 0 bridgehead atoms. The van der Waals surface area contributed by atoms with E-state index in [1.807, 2.05) is 38.4 Å². The van der Waals surface area contributed by atoms with E-state index in [-0.39, 0.29) is 6.04 Å². The third-order valence-electron chi connectivity index (χ3n) is 5.90. The van der Waals surface area contributed by atoms with Crippen molar-refractivity contribution < 1.29 is 18.3 Å². The molecule has 30 heavy (non-hydrogen) atoms. The number of aliphatic hydroxyl groups is 1. The molecule has 1 unspecified atom stereocenters. The summed E-state index contributed by atoms with van der Waals surface area (Å²) in [6, 6.07) is 13.1. The summed E-state index contributed by atoms with van der Waals surface area (Å²) in [6.07, 6.45) is -2.73. The van der Waals surface area contributed by atoms with Crippen LogP contribution in [0.5, 0.6) is 0 Å². The number of benzene rings is 2. The largest absolute Gasteiger partial charge is 0.416 e. The maximum atomic E-state index is 13.1. The van der Waals surface area contributed by atoms with Crippen LogP contribution in [0.25, 0.3) is 0 Å². The highest BCUT2D eigenvalue weighted by molar-refractivity contribution is 6.30. The molecule has 0 spiro atoms. The van der Waals surface area contributed by atoms with Crippen molar-refractivity contribution in [3.63, 3.8) is 0 Å². The molecule has 3 nitrogen and oxygen atoms in total. The van der Waals surface area contributed by atoms with Crippen LogP contribution in [0.4, 0.5) is 13.2 Å². The van der Waals surface area contributed by atoms with Gasteiger partial charge in [-0.1, -0.05) is 35.9 Å². The lowest BCUT2D eigenvalue weighted by atomic mass is 9.82. The number of nitrogens with zero attached hydrogens (tertiary/aromatic N) is 2. The van der Waals surface area contributed by atoms with Crippen LogP contribution >= 0.6 is 11.6 Å². The second-order valence-corrected chi connectivity index (χ2v) is 8.74. The van der Waals surface area contributed by atoms with Crippen molar-refractivity contribution in [2.45, 2.75) is 37.1 Å². The van der Waals surface area contributed by atoms with E-state index in [1.165, 1.54) is 6.07 Å². The average molecular weight is 441 g/mol. The Hall–Kier alpha value is -1.60. The van der Waals surface area contributed by atoms with E-state index in [1.54, 1.807) is 6.07 Å². The van der Waals surface area contributed by atoms with E-state index in [0.717, 1.165) is 30.7 Å². The van der Waals surface area contributed by atoms with E-state index in [2.05, 4.69) is 9.80 Å². The Morgan fingerprint density at radius 2 is 1.73 bits per heavy atom. The molecule has 0 amide bonds. The minimum atomic E-state index is -4.42. The molecule has 2 aromatic rings. The fourth-order valence-electron chi connectivity index (χ4n) is 4.10. The third-order valence-corrected chi connectivity index (χ3v) is 6.15. The molecule has 1 heterocycles. The average Bonchev–Trinajstić information content (AvgIpc) is 2.70. The second kappa shape index (κ2) is 9.27. The summed E-state index contributed by atoms with van der Waals surface area (Å²) in [6.45, 7) is 2.11. The van der Waals surface area contributed by atoms with Gasteiger partial charge in [0.15, 0.2) is 0 Å². The number of hydrogen-bond donors (Lipinski definition) is 1. The number of halogens is 4. The highest BCUT2D eigenvalue weighted by Gasteiger charge is 2.38. The van der Waals surface area contributed by atoms with Crippen LogP contribution in [0, 0.1) is 0 Å². The number of hydrogen-bond acceptors (Lipinski definition) is 3. The van der Waals surface area contributed by atoms with E-state index < -0.39 is 17.3 Å². The Bertz CT molecular complexity index is 831. The summed E-state index contributed by atoms with van der Waals surface area (Å²) < 4.78 is 39.3. The molecule has 0 aromatic heterocycles. The van der Waals surface area contributed by atoms with Crippen LogP contribution in [0.2, 0.25) is 5.02 Å². The van der Waals surface area contributed by atoms with Gasteiger partial charge >= 0.3 is 6.18 Å². The SMILES string of the molecule is CN(C)CCC(c1ccc(Cl)cc1)N1CCC(O)(c2cccc(C(F)(F)F)c2)CC1. The first-order valence-corrected chi connectivity index (χ1v) is 10.5.